The van der Waals surface area contributed by atoms with Gasteiger partial charge in [-0.05, 0) is 25.2 Å². The summed E-state index contributed by atoms with van der Waals surface area (Å²) in [4.78, 5) is 12.0. The quantitative estimate of drug-likeness (QED) is 0.596. The van der Waals surface area contributed by atoms with Gasteiger partial charge in [0.2, 0.25) is 4.77 Å². The second kappa shape index (κ2) is 5.69. The first kappa shape index (κ1) is 14.4. The van der Waals surface area contributed by atoms with Crippen molar-refractivity contribution >= 4 is 29.4 Å². The van der Waals surface area contributed by atoms with Gasteiger partial charge in [0.15, 0.2) is 0 Å². The molecule has 0 aliphatic carbocycles. The highest BCUT2D eigenvalue weighted by atomic mass is 32.1. The van der Waals surface area contributed by atoms with E-state index in [-0.39, 0.29) is 10.3 Å². The fraction of sp³-hybridized carbons (Fsp3) is 0.200. The van der Waals surface area contributed by atoms with Crippen LogP contribution in [-0.4, -0.2) is 21.1 Å². The third kappa shape index (κ3) is 2.39. The van der Waals surface area contributed by atoms with Gasteiger partial charge in [0.1, 0.15) is 17.0 Å². The average Bonchev–Trinajstić information content (AvgIpc) is 2.89. The van der Waals surface area contributed by atoms with Crippen LogP contribution in [0.25, 0.3) is 11.0 Å². The number of hydrogen-bond acceptors (Lipinski definition) is 5. The summed E-state index contributed by atoms with van der Waals surface area (Å²) in [7, 11) is 0. The maximum absolute atomic E-state index is 12.0. The van der Waals surface area contributed by atoms with Gasteiger partial charge in [-0.2, -0.15) is 14.9 Å². The fourth-order valence-electron chi connectivity index (χ4n) is 2.21. The van der Waals surface area contributed by atoms with Crippen molar-refractivity contribution in [1.29, 1.82) is 0 Å². The maximum Gasteiger partial charge on any atom is 0.296 e. The van der Waals surface area contributed by atoms with E-state index in [9.17, 15) is 4.79 Å². The number of aromatic amines is 1. The van der Waals surface area contributed by atoms with Gasteiger partial charge in [-0.25, -0.2) is 0 Å². The largest absolute Gasteiger partial charge is 0.460 e. The van der Waals surface area contributed by atoms with Crippen LogP contribution in [0.1, 0.15) is 23.9 Å². The zero-order chi connectivity index (χ0) is 15.7. The Morgan fingerprint density at radius 2 is 2.23 bits per heavy atom. The molecule has 112 valence electrons. The summed E-state index contributed by atoms with van der Waals surface area (Å²) >= 11 is 5.06. The molecule has 0 radical (unpaired) electrons. The van der Waals surface area contributed by atoms with Crippen LogP contribution in [0, 0.1) is 11.7 Å². The third-order valence-corrected chi connectivity index (χ3v) is 3.61. The first-order chi connectivity index (χ1) is 10.6. The molecule has 0 unspecified atom stereocenters. The predicted molar refractivity (Wildman–Crippen MR) is 87.0 cm³/mol. The summed E-state index contributed by atoms with van der Waals surface area (Å²) in [6.45, 7) is 3.61. The Morgan fingerprint density at radius 3 is 3.00 bits per heavy atom. The Labute approximate surface area is 131 Å². The van der Waals surface area contributed by atoms with Crippen molar-refractivity contribution < 1.29 is 4.42 Å². The van der Waals surface area contributed by atoms with E-state index in [2.05, 4.69) is 15.3 Å². The number of aryl methyl sites for hydroxylation is 2. The number of furan rings is 1. The Morgan fingerprint density at radius 1 is 1.45 bits per heavy atom. The van der Waals surface area contributed by atoms with Crippen LogP contribution in [0.2, 0.25) is 0 Å². The molecule has 0 fully saturated rings. The third-order valence-electron chi connectivity index (χ3n) is 3.35. The number of aromatic nitrogens is 3. The van der Waals surface area contributed by atoms with Crippen LogP contribution in [-0.2, 0) is 6.42 Å². The maximum atomic E-state index is 12.0. The lowest BCUT2D eigenvalue weighted by Gasteiger charge is -1.99. The summed E-state index contributed by atoms with van der Waals surface area (Å²) in [5.41, 5.74) is 1.61. The first-order valence-electron chi connectivity index (χ1n) is 6.85. The minimum absolute atomic E-state index is 0.151. The molecule has 0 atom stereocenters. The van der Waals surface area contributed by atoms with E-state index in [1.807, 2.05) is 31.2 Å². The van der Waals surface area contributed by atoms with E-state index < -0.39 is 0 Å². The molecule has 0 saturated heterocycles. The number of hydrogen-bond donors (Lipinski definition) is 1. The van der Waals surface area contributed by atoms with Crippen LogP contribution in [0.4, 0.5) is 0 Å². The number of para-hydroxylation sites is 1. The van der Waals surface area contributed by atoms with Gasteiger partial charge in [0.25, 0.3) is 5.56 Å². The highest BCUT2D eigenvalue weighted by Crippen LogP contribution is 2.24. The number of benzene rings is 1. The highest BCUT2D eigenvalue weighted by molar-refractivity contribution is 7.71. The van der Waals surface area contributed by atoms with E-state index in [0.29, 0.717) is 5.69 Å². The summed E-state index contributed by atoms with van der Waals surface area (Å²) in [6, 6.07) is 7.71. The Bertz CT molecular complexity index is 981. The van der Waals surface area contributed by atoms with Gasteiger partial charge >= 0.3 is 0 Å². The molecule has 0 amide bonds. The smallest absolute Gasteiger partial charge is 0.296 e. The molecule has 0 spiro atoms. The molecular weight excluding hydrogens is 300 g/mol. The fourth-order valence-corrected chi connectivity index (χ4v) is 2.39. The monoisotopic (exact) mass is 314 g/mol. The lowest BCUT2D eigenvalue weighted by Crippen LogP contribution is -2.22. The van der Waals surface area contributed by atoms with E-state index >= 15 is 0 Å². The number of nitrogens with zero attached hydrogens (tertiary/aromatic N) is 3. The Hall–Kier alpha value is -2.54. The molecule has 2 aromatic heterocycles. The van der Waals surface area contributed by atoms with Gasteiger partial charge < -0.3 is 4.42 Å². The molecule has 2 heterocycles. The molecule has 0 aliphatic heterocycles. The number of H-pyrrole nitrogens is 1. The molecule has 3 rings (SSSR count). The van der Waals surface area contributed by atoms with Crippen molar-refractivity contribution in [3.8, 4) is 0 Å². The summed E-state index contributed by atoms with van der Waals surface area (Å²) in [5, 5.41) is 11.6. The molecule has 22 heavy (non-hydrogen) atoms. The Balaban J connectivity index is 2.17. The lowest BCUT2D eigenvalue weighted by molar-refractivity contribution is 0.556. The van der Waals surface area contributed by atoms with Gasteiger partial charge in [-0.15, -0.1) is 0 Å². The van der Waals surface area contributed by atoms with Crippen LogP contribution in [0.3, 0.4) is 0 Å². The number of rotatable bonds is 3. The van der Waals surface area contributed by atoms with Crippen molar-refractivity contribution in [2.24, 2.45) is 5.10 Å². The normalized spacial score (nSPS) is 11.5. The van der Waals surface area contributed by atoms with Crippen molar-refractivity contribution in [2.45, 2.75) is 20.3 Å². The lowest BCUT2D eigenvalue weighted by atomic mass is 10.1. The SMILES string of the molecule is CCc1oc2ccccc2c1/C=N\n1c(=S)[nH]nc(C)c1=O. The molecule has 0 aliphatic rings. The molecule has 6 nitrogen and oxygen atoms in total. The van der Waals surface area contributed by atoms with Gasteiger partial charge in [0.05, 0.1) is 6.21 Å². The van der Waals surface area contributed by atoms with Gasteiger partial charge in [0, 0.05) is 17.4 Å². The first-order valence-corrected chi connectivity index (χ1v) is 7.25. The zero-order valence-electron chi connectivity index (χ0n) is 12.2. The average molecular weight is 314 g/mol. The molecule has 1 N–H and O–H groups in total. The number of fused-ring (bicyclic) bond motifs is 1. The molecule has 0 saturated carbocycles. The molecule has 3 aromatic rings. The van der Waals surface area contributed by atoms with Crippen LogP contribution in [0.5, 0.6) is 0 Å². The van der Waals surface area contributed by atoms with E-state index in [4.69, 9.17) is 16.6 Å². The van der Waals surface area contributed by atoms with Crippen LogP contribution < -0.4 is 5.56 Å². The summed E-state index contributed by atoms with van der Waals surface area (Å²) < 4.78 is 7.07. The summed E-state index contributed by atoms with van der Waals surface area (Å²) in [5.74, 6) is 0.818. The standard InChI is InChI=1S/C15H14N4O2S/c1-3-12-11(10-6-4-5-7-13(10)21-12)8-16-19-14(20)9(2)17-18-15(19)22/h4-8H,3H2,1-2H3,(H,18,22)/b16-8-. The van der Waals surface area contributed by atoms with Gasteiger partial charge in [-0.1, -0.05) is 25.1 Å². The molecule has 1 aromatic carbocycles. The topological polar surface area (TPSA) is 76.2 Å². The minimum atomic E-state index is -0.342. The second-order valence-electron chi connectivity index (χ2n) is 4.76. The summed E-state index contributed by atoms with van der Waals surface area (Å²) in [6.07, 6.45) is 2.34. The molecular formula is C15H14N4O2S. The Kier molecular flexibility index (Phi) is 3.72. The number of nitrogens with one attached hydrogen (secondary N) is 1. The van der Waals surface area contributed by atoms with Crippen LogP contribution >= 0.6 is 12.2 Å². The molecule has 7 heteroatoms. The van der Waals surface area contributed by atoms with Crippen molar-refractivity contribution in [3.63, 3.8) is 0 Å². The van der Waals surface area contributed by atoms with E-state index in [0.717, 1.165) is 33.4 Å². The predicted octanol–water partition coefficient (Wildman–Crippen LogP) is 2.80. The van der Waals surface area contributed by atoms with Crippen molar-refractivity contribution in [1.82, 2.24) is 14.9 Å². The van der Waals surface area contributed by atoms with Crippen LogP contribution in [0.15, 0.2) is 38.6 Å². The zero-order valence-corrected chi connectivity index (χ0v) is 13.0. The van der Waals surface area contributed by atoms with Gasteiger partial charge in [-0.3, -0.25) is 9.89 Å². The van der Waals surface area contributed by atoms with E-state index in [1.54, 1.807) is 13.1 Å². The van der Waals surface area contributed by atoms with E-state index in [1.165, 1.54) is 0 Å². The highest BCUT2D eigenvalue weighted by Gasteiger charge is 2.11. The van der Waals surface area contributed by atoms with Crippen molar-refractivity contribution in [3.05, 3.63) is 56.4 Å². The molecule has 0 bridgehead atoms. The minimum Gasteiger partial charge on any atom is -0.460 e. The van der Waals surface area contributed by atoms with Crippen molar-refractivity contribution in [2.75, 3.05) is 0 Å². The second-order valence-corrected chi connectivity index (χ2v) is 5.15.